The zero-order chi connectivity index (χ0) is 17.2. The van der Waals surface area contributed by atoms with Crippen LogP contribution in [-0.4, -0.2) is 23.7 Å². The normalized spacial score (nSPS) is 11.1. The Balaban J connectivity index is 2.28. The van der Waals surface area contributed by atoms with E-state index in [-0.39, 0.29) is 5.43 Å². The smallest absolute Gasteiger partial charge is 0.188 e. The number of nitrogens with zero attached hydrogens (tertiary/aromatic N) is 1. The molecule has 0 bridgehead atoms. The van der Waals surface area contributed by atoms with Gasteiger partial charge < -0.3 is 9.94 Å². The summed E-state index contributed by atoms with van der Waals surface area (Å²) in [6.45, 7) is 6.26. The minimum atomic E-state index is 0.0684. The highest BCUT2D eigenvalue weighted by Crippen LogP contribution is 2.14. The Morgan fingerprint density at radius 3 is 1.96 bits per heavy atom. The van der Waals surface area contributed by atoms with Gasteiger partial charge in [-0.15, -0.1) is 0 Å². The van der Waals surface area contributed by atoms with Crippen molar-refractivity contribution in [3.05, 3.63) is 32.7 Å². The van der Waals surface area contributed by atoms with E-state index in [2.05, 4.69) is 0 Å². The van der Waals surface area contributed by atoms with Gasteiger partial charge in [-0.3, -0.25) is 4.79 Å². The van der Waals surface area contributed by atoms with Crippen LogP contribution in [0.1, 0.15) is 73.9 Å². The SMILES string of the molecule is COCCCCCCCCCCc1c(C)c(=O)c(C)c(C)n1O. The summed E-state index contributed by atoms with van der Waals surface area (Å²) in [5.74, 6) is 0. The lowest BCUT2D eigenvalue weighted by atomic mass is 10.0. The Hall–Kier alpha value is -1.29. The van der Waals surface area contributed by atoms with Gasteiger partial charge in [0.15, 0.2) is 5.43 Å². The molecule has 0 aliphatic rings. The third-order valence-electron chi connectivity index (χ3n) is 4.74. The van der Waals surface area contributed by atoms with Crippen molar-refractivity contribution in [2.45, 2.75) is 78.6 Å². The van der Waals surface area contributed by atoms with E-state index in [0.29, 0.717) is 16.8 Å². The minimum absolute atomic E-state index is 0.0684. The first-order valence-corrected chi connectivity index (χ1v) is 8.90. The molecule has 0 atom stereocenters. The summed E-state index contributed by atoms with van der Waals surface area (Å²) >= 11 is 0. The van der Waals surface area contributed by atoms with Crippen molar-refractivity contribution in [3.8, 4) is 0 Å². The van der Waals surface area contributed by atoms with Gasteiger partial charge in [-0.2, -0.15) is 4.73 Å². The Morgan fingerprint density at radius 2 is 1.39 bits per heavy atom. The second-order valence-corrected chi connectivity index (χ2v) is 6.49. The second-order valence-electron chi connectivity index (χ2n) is 6.49. The number of ether oxygens (including phenoxy) is 1. The predicted octanol–water partition coefficient (Wildman–Crippen LogP) is 4.32. The van der Waals surface area contributed by atoms with Crippen molar-refractivity contribution in [1.82, 2.24) is 4.73 Å². The maximum Gasteiger partial charge on any atom is 0.188 e. The van der Waals surface area contributed by atoms with Gasteiger partial charge >= 0.3 is 0 Å². The van der Waals surface area contributed by atoms with E-state index < -0.39 is 0 Å². The van der Waals surface area contributed by atoms with E-state index >= 15 is 0 Å². The third kappa shape index (κ3) is 6.02. The largest absolute Gasteiger partial charge is 0.428 e. The number of hydrogen-bond acceptors (Lipinski definition) is 3. The zero-order valence-electron chi connectivity index (χ0n) is 15.3. The van der Waals surface area contributed by atoms with Crippen molar-refractivity contribution in [2.75, 3.05) is 13.7 Å². The van der Waals surface area contributed by atoms with Crippen molar-refractivity contribution < 1.29 is 9.94 Å². The Morgan fingerprint density at radius 1 is 0.870 bits per heavy atom. The summed E-state index contributed by atoms with van der Waals surface area (Å²) < 4.78 is 6.25. The zero-order valence-corrected chi connectivity index (χ0v) is 15.3. The highest BCUT2D eigenvalue weighted by atomic mass is 16.5. The van der Waals surface area contributed by atoms with E-state index in [4.69, 9.17) is 4.74 Å². The second kappa shape index (κ2) is 10.5. The molecule has 0 unspecified atom stereocenters. The van der Waals surface area contributed by atoms with Crippen LogP contribution in [0.5, 0.6) is 0 Å². The average Bonchev–Trinajstić information content (AvgIpc) is 2.55. The molecule has 0 aliphatic carbocycles. The standard InChI is InChI=1S/C19H33NO3/c1-15-17(3)20(22)18(16(2)19(15)21)13-11-9-7-5-6-8-10-12-14-23-4/h22H,5-14H2,1-4H3. The van der Waals surface area contributed by atoms with Crippen LogP contribution in [0, 0.1) is 20.8 Å². The molecule has 0 saturated carbocycles. The van der Waals surface area contributed by atoms with Gasteiger partial charge in [-0.25, -0.2) is 0 Å². The molecule has 1 aromatic heterocycles. The summed E-state index contributed by atoms with van der Waals surface area (Å²) in [4.78, 5) is 12.1. The van der Waals surface area contributed by atoms with Gasteiger partial charge in [0, 0.05) is 24.8 Å². The number of aromatic nitrogens is 1. The van der Waals surface area contributed by atoms with Crippen LogP contribution in [0.3, 0.4) is 0 Å². The number of rotatable bonds is 11. The third-order valence-corrected chi connectivity index (χ3v) is 4.74. The molecule has 0 aromatic carbocycles. The predicted molar refractivity (Wildman–Crippen MR) is 94.6 cm³/mol. The van der Waals surface area contributed by atoms with Gasteiger partial charge in [0.2, 0.25) is 0 Å². The van der Waals surface area contributed by atoms with E-state index in [1.807, 2.05) is 6.92 Å². The number of unbranched alkanes of at least 4 members (excludes halogenated alkanes) is 7. The van der Waals surface area contributed by atoms with Crippen molar-refractivity contribution in [1.29, 1.82) is 0 Å². The first-order valence-electron chi connectivity index (χ1n) is 8.90. The molecule has 0 saturated heterocycles. The Labute approximate surface area is 140 Å². The van der Waals surface area contributed by atoms with Crippen LogP contribution in [0.15, 0.2) is 4.79 Å². The highest BCUT2D eigenvalue weighted by Gasteiger charge is 2.13. The number of methoxy groups -OCH3 is 1. The fraction of sp³-hybridized carbons (Fsp3) is 0.737. The van der Waals surface area contributed by atoms with E-state index in [9.17, 15) is 10.0 Å². The van der Waals surface area contributed by atoms with E-state index in [0.717, 1.165) is 38.0 Å². The average molecular weight is 323 g/mol. The molecule has 1 N–H and O–H groups in total. The van der Waals surface area contributed by atoms with Crippen LogP contribution < -0.4 is 5.43 Å². The topological polar surface area (TPSA) is 51.5 Å². The van der Waals surface area contributed by atoms with Crippen LogP contribution in [-0.2, 0) is 11.2 Å². The van der Waals surface area contributed by atoms with Crippen molar-refractivity contribution in [2.24, 2.45) is 0 Å². The first kappa shape index (κ1) is 19.8. The van der Waals surface area contributed by atoms with Crippen LogP contribution in [0.2, 0.25) is 0 Å². The van der Waals surface area contributed by atoms with Gasteiger partial charge in [0.1, 0.15) is 0 Å². The molecule has 1 rings (SSSR count). The Bertz CT molecular complexity index is 534. The molecule has 0 radical (unpaired) electrons. The maximum absolute atomic E-state index is 12.1. The highest BCUT2D eigenvalue weighted by molar-refractivity contribution is 5.29. The molecule has 132 valence electrons. The molecule has 4 nitrogen and oxygen atoms in total. The minimum Gasteiger partial charge on any atom is -0.428 e. The summed E-state index contributed by atoms with van der Waals surface area (Å²) in [5.41, 5.74) is 2.83. The van der Waals surface area contributed by atoms with Crippen LogP contribution >= 0.6 is 0 Å². The van der Waals surface area contributed by atoms with Gasteiger partial charge in [0.25, 0.3) is 0 Å². The van der Waals surface area contributed by atoms with Crippen molar-refractivity contribution >= 4 is 0 Å². The maximum atomic E-state index is 12.1. The first-order chi connectivity index (χ1) is 11.0. The molecular formula is C19H33NO3. The van der Waals surface area contributed by atoms with Gasteiger partial charge in [-0.05, 0) is 40.0 Å². The lowest BCUT2D eigenvalue weighted by Crippen LogP contribution is -2.21. The molecule has 0 aliphatic heterocycles. The fourth-order valence-corrected chi connectivity index (χ4v) is 2.99. The fourth-order valence-electron chi connectivity index (χ4n) is 2.99. The lowest BCUT2D eigenvalue weighted by Gasteiger charge is -2.15. The summed E-state index contributed by atoms with van der Waals surface area (Å²) in [5, 5.41) is 10.2. The molecule has 0 spiro atoms. The molecular weight excluding hydrogens is 290 g/mol. The molecule has 1 heterocycles. The van der Waals surface area contributed by atoms with Crippen molar-refractivity contribution in [3.63, 3.8) is 0 Å². The van der Waals surface area contributed by atoms with E-state index in [1.165, 1.54) is 36.8 Å². The van der Waals surface area contributed by atoms with Crippen LogP contribution in [0.4, 0.5) is 0 Å². The molecule has 0 amide bonds. The molecule has 0 fully saturated rings. The summed E-state index contributed by atoms with van der Waals surface area (Å²) in [7, 11) is 1.75. The quantitative estimate of drug-likeness (QED) is 0.487. The molecule has 1 aromatic rings. The Kier molecular flexibility index (Phi) is 9.00. The number of pyridine rings is 1. The number of hydrogen-bond donors (Lipinski definition) is 1. The molecule has 4 heteroatoms. The molecule has 23 heavy (non-hydrogen) atoms. The van der Waals surface area contributed by atoms with E-state index in [1.54, 1.807) is 21.0 Å². The van der Waals surface area contributed by atoms with Gasteiger partial charge in [0.05, 0.1) is 11.4 Å². The lowest BCUT2D eigenvalue weighted by molar-refractivity contribution is 0.165. The summed E-state index contributed by atoms with van der Waals surface area (Å²) in [6.07, 6.45) is 10.4. The van der Waals surface area contributed by atoms with Gasteiger partial charge in [-0.1, -0.05) is 38.5 Å². The van der Waals surface area contributed by atoms with Crippen LogP contribution in [0.25, 0.3) is 0 Å². The summed E-state index contributed by atoms with van der Waals surface area (Å²) in [6, 6.07) is 0. The monoisotopic (exact) mass is 323 g/mol.